The highest BCUT2D eigenvalue weighted by atomic mass is 16.5. The first kappa shape index (κ1) is 12.7. The van der Waals surface area contributed by atoms with Gasteiger partial charge in [0.25, 0.3) is 0 Å². The average Bonchev–Trinajstić information content (AvgIpc) is 2.29. The van der Waals surface area contributed by atoms with Gasteiger partial charge in [0.2, 0.25) is 0 Å². The molecule has 0 aliphatic rings. The lowest BCUT2D eigenvalue weighted by Gasteiger charge is -2.34. The van der Waals surface area contributed by atoms with Crippen LogP contribution in [0.2, 0.25) is 0 Å². The average molecular weight is 221 g/mol. The molecule has 1 aromatic rings. The predicted octanol–water partition coefficient (Wildman–Crippen LogP) is 2.03. The van der Waals surface area contributed by atoms with E-state index in [1.807, 2.05) is 63.2 Å². The summed E-state index contributed by atoms with van der Waals surface area (Å²) in [5, 5.41) is 0. The van der Waals surface area contributed by atoms with Gasteiger partial charge in [0.05, 0.1) is 6.61 Å². The van der Waals surface area contributed by atoms with Crippen LogP contribution in [0.5, 0.6) is 0 Å². The van der Waals surface area contributed by atoms with Gasteiger partial charge in [0, 0.05) is 0 Å². The lowest BCUT2D eigenvalue weighted by atomic mass is 9.91. The molecular formula is C13H19NO2. The Kier molecular flexibility index (Phi) is 4.07. The normalized spacial score (nSPS) is 14.6. The molecule has 0 bridgehead atoms. The van der Waals surface area contributed by atoms with Crippen molar-refractivity contribution < 1.29 is 9.53 Å². The first-order valence-corrected chi connectivity index (χ1v) is 5.43. The number of likely N-dealkylation sites (N-methyl/N-ethyl adjacent to an activating group) is 1. The fourth-order valence-electron chi connectivity index (χ4n) is 1.59. The van der Waals surface area contributed by atoms with Gasteiger partial charge < -0.3 is 4.74 Å². The van der Waals surface area contributed by atoms with Gasteiger partial charge in [0.15, 0.2) is 0 Å². The van der Waals surface area contributed by atoms with Crippen LogP contribution in [0.1, 0.15) is 19.4 Å². The summed E-state index contributed by atoms with van der Waals surface area (Å²) in [5.41, 5.74) is 0.218. The van der Waals surface area contributed by atoms with E-state index in [4.69, 9.17) is 4.74 Å². The summed E-state index contributed by atoms with van der Waals surface area (Å²) in [7, 11) is 3.76. The van der Waals surface area contributed by atoms with Gasteiger partial charge in [-0.1, -0.05) is 30.3 Å². The number of rotatable bonds is 4. The van der Waals surface area contributed by atoms with E-state index in [2.05, 4.69) is 0 Å². The van der Waals surface area contributed by atoms with Gasteiger partial charge in [-0.2, -0.15) is 0 Å². The zero-order valence-corrected chi connectivity index (χ0v) is 10.4. The molecule has 0 saturated carbocycles. The Hall–Kier alpha value is -1.35. The van der Waals surface area contributed by atoms with Crippen LogP contribution in [-0.2, 0) is 15.1 Å². The summed E-state index contributed by atoms with van der Waals surface area (Å²) in [5.74, 6) is -0.216. The topological polar surface area (TPSA) is 29.5 Å². The smallest absolute Gasteiger partial charge is 0.330 e. The Balaban J connectivity index is 3.12. The van der Waals surface area contributed by atoms with E-state index in [0.29, 0.717) is 6.61 Å². The van der Waals surface area contributed by atoms with Crippen LogP contribution >= 0.6 is 0 Å². The van der Waals surface area contributed by atoms with Crippen LogP contribution < -0.4 is 0 Å². The van der Waals surface area contributed by atoms with Gasteiger partial charge >= 0.3 is 5.97 Å². The minimum Gasteiger partial charge on any atom is -0.464 e. The lowest BCUT2D eigenvalue weighted by Crippen LogP contribution is -2.46. The molecule has 0 aromatic heterocycles. The highest BCUT2D eigenvalue weighted by Gasteiger charge is 2.38. The molecule has 1 aromatic carbocycles. The van der Waals surface area contributed by atoms with E-state index in [-0.39, 0.29) is 5.97 Å². The zero-order chi connectivity index (χ0) is 12.2. The van der Waals surface area contributed by atoms with E-state index in [9.17, 15) is 4.79 Å². The van der Waals surface area contributed by atoms with Gasteiger partial charge in [-0.3, -0.25) is 4.90 Å². The van der Waals surface area contributed by atoms with E-state index in [1.54, 1.807) is 0 Å². The molecule has 16 heavy (non-hydrogen) atoms. The van der Waals surface area contributed by atoms with E-state index in [1.165, 1.54) is 0 Å². The predicted molar refractivity (Wildman–Crippen MR) is 64.1 cm³/mol. The number of benzene rings is 1. The first-order valence-electron chi connectivity index (χ1n) is 5.43. The highest BCUT2D eigenvalue weighted by Crippen LogP contribution is 2.27. The molecule has 88 valence electrons. The fraction of sp³-hybridized carbons (Fsp3) is 0.462. The highest BCUT2D eigenvalue weighted by molar-refractivity contribution is 5.82. The third-order valence-corrected chi connectivity index (χ3v) is 2.90. The molecule has 0 aliphatic carbocycles. The molecule has 0 spiro atoms. The minimum atomic E-state index is -0.725. The van der Waals surface area contributed by atoms with Crippen molar-refractivity contribution in [2.24, 2.45) is 0 Å². The number of ether oxygens (including phenoxy) is 1. The molecule has 0 N–H and O–H groups in total. The van der Waals surface area contributed by atoms with Crippen molar-refractivity contribution in [2.45, 2.75) is 19.4 Å². The van der Waals surface area contributed by atoms with E-state index < -0.39 is 5.54 Å². The van der Waals surface area contributed by atoms with Crippen molar-refractivity contribution in [2.75, 3.05) is 20.7 Å². The Morgan fingerprint density at radius 1 is 1.31 bits per heavy atom. The lowest BCUT2D eigenvalue weighted by molar-refractivity contribution is -0.156. The van der Waals surface area contributed by atoms with Crippen molar-refractivity contribution in [3.63, 3.8) is 0 Å². The Morgan fingerprint density at radius 2 is 1.88 bits per heavy atom. The number of nitrogens with zero attached hydrogens (tertiary/aromatic N) is 1. The summed E-state index contributed by atoms with van der Waals surface area (Å²) in [6, 6.07) is 9.67. The summed E-state index contributed by atoms with van der Waals surface area (Å²) in [6.45, 7) is 4.09. The second-order valence-corrected chi connectivity index (χ2v) is 4.05. The zero-order valence-electron chi connectivity index (χ0n) is 10.4. The summed E-state index contributed by atoms with van der Waals surface area (Å²) >= 11 is 0. The number of esters is 1. The quantitative estimate of drug-likeness (QED) is 0.729. The van der Waals surface area contributed by atoms with Gasteiger partial charge in [-0.15, -0.1) is 0 Å². The molecule has 3 heteroatoms. The standard InChI is InChI=1S/C13H19NO2/c1-5-16-12(15)13(2,14(3)4)11-9-7-6-8-10-11/h6-10H,5H2,1-4H3. The molecule has 1 unspecified atom stereocenters. The van der Waals surface area contributed by atoms with Gasteiger partial charge in [0.1, 0.15) is 5.54 Å². The molecule has 1 atom stereocenters. The van der Waals surface area contributed by atoms with Crippen molar-refractivity contribution in [3.8, 4) is 0 Å². The molecule has 1 rings (SSSR count). The number of hydrogen-bond acceptors (Lipinski definition) is 3. The number of carbonyl (C=O) groups excluding carboxylic acids is 1. The molecule has 0 saturated heterocycles. The maximum absolute atomic E-state index is 12.0. The third kappa shape index (κ3) is 2.25. The van der Waals surface area contributed by atoms with Crippen LogP contribution in [0.3, 0.4) is 0 Å². The molecular weight excluding hydrogens is 202 g/mol. The van der Waals surface area contributed by atoms with Crippen LogP contribution in [0.4, 0.5) is 0 Å². The van der Waals surface area contributed by atoms with Crippen molar-refractivity contribution in [1.82, 2.24) is 4.90 Å². The molecule has 0 fully saturated rings. The van der Waals surface area contributed by atoms with Crippen LogP contribution in [-0.4, -0.2) is 31.6 Å². The molecule has 0 aliphatic heterocycles. The molecule has 3 nitrogen and oxygen atoms in total. The molecule has 0 heterocycles. The van der Waals surface area contributed by atoms with Crippen molar-refractivity contribution in [3.05, 3.63) is 35.9 Å². The molecule has 0 amide bonds. The maximum Gasteiger partial charge on any atom is 0.330 e. The maximum atomic E-state index is 12.0. The second-order valence-electron chi connectivity index (χ2n) is 4.05. The van der Waals surface area contributed by atoms with E-state index >= 15 is 0 Å². The molecule has 0 radical (unpaired) electrons. The summed E-state index contributed by atoms with van der Waals surface area (Å²) in [4.78, 5) is 13.9. The second kappa shape index (κ2) is 5.12. The first-order chi connectivity index (χ1) is 7.53. The van der Waals surface area contributed by atoms with Crippen LogP contribution in [0.25, 0.3) is 0 Å². The monoisotopic (exact) mass is 221 g/mol. The summed E-state index contributed by atoms with van der Waals surface area (Å²) < 4.78 is 5.14. The van der Waals surface area contributed by atoms with Crippen LogP contribution in [0.15, 0.2) is 30.3 Å². The fourth-order valence-corrected chi connectivity index (χ4v) is 1.59. The Labute approximate surface area is 97.0 Å². The largest absolute Gasteiger partial charge is 0.464 e. The number of hydrogen-bond donors (Lipinski definition) is 0. The minimum absolute atomic E-state index is 0.216. The van der Waals surface area contributed by atoms with Gasteiger partial charge in [-0.25, -0.2) is 4.79 Å². The van der Waals surface area contributed by atoms with Crippen molar-refractivity contribution >= 4 is 5.97 Å². The van der Waals surface area contributed by atoms with Crippen molar-refractivity contribution in [1.29, 1.82) is 0 Å². The van der Waals surface area contributed by atoms with E-state index in [0.717, 1.165) is 5.56 Å². The Bertz CT molecular complexity index is 348. The summed E-state index contributed by atoms with van der Waals surface area (Å²) in [6.07, 6.45) is 0. The van der Waals surface area contributed by atoms with Crippen LogP contribution in [0, 0.1) is 0 Å². The third-order valence-electron chi connectivity index (χ3n) is 2.90. The SMILES string of the molecule is CCOC(=O)C(C)(c1ccccc1)N(C)C. The number of carbonyl (C=O) groups is 1. The Morgan fingerprint density at radius 3 is 2.31 bits per heavy atom. The van der Waals surface area contributed by atoms with Gasteiger partial charge in [-0.05, 0) is 33.5 Å².